The van der Waals surface area contributed by atoms with Crippen LogP contribution in [0.4, 0.5) is 0 Å². The predicted molar refractivity (Wildman–Crippen MR) is 99.1 cm³/mol. The first-order valence-electron chi connectivity index (χ1n) is 9.08. The normalized spacial score (nSPS) is 17.5. The maximum Gasteiger partial charge on any atom is 0.261 e. The Balaban J connectivity index is 1.63. The minimum absolute atomic E-state index is 0.0382. The molecular formula is C20H25N3O3. The first kappa shape index (κ1) is 18.3. The molecule has 0 spiro atoms. The van der Waals surface area contributed by atoms with Crippen molar-refractivity contribution in [3.05, 3.63) is 63.8 Å². The molecule has 1 saturated heterocycles. The Bertz CT molecular complexity index is 801. The van der Waals surface area contributed by atoms with E-state index in [1.807, 2.05) is 38.1 Å². The van der Waals surface area contributed by atoms with Gasteiger partial charge in [0.2, 0.25) is 0 Å². The Morgan fingerprint density at radius 1 is 1.35 bits per heavy atom. The zero-order chi connectivity index (χ0) is 18.5. The zero-order valence-corrected chi connectivity index (χ0v) is 15.3. The van der Waals surface area contributed by atoms with Gasteiger partial charge in [0.1, 0.15) is 5.56 Å². The lowest BCUT2D eigenvalue weighted by atomic mass is 10.1. The fourth-order valence-electron chi connectivity index (χ4n) is 3.11. The number of carbonyl (C=O) groups excluding carboxylic acids is 1. The van der Waals surface area contributed by atoms with Gasteiger partial charge in [0.05, 0.1) is 18.4 Å². The first-order chi connectivity index (χ1) is 12.5. The maximum absolute atomic E-state index is 12.8. The molecule has 6 nitrogen and oxygen atoms in total. The monoisotopic (exact) mass is 355 g/mol. The number of hydrogen-bond acceptors (Lipinski definition) is 4. The van der Waals surface area contributed by atoms with Crippen LogP contribution in [0.3, 0.4) is 0 Å². The van der Waals surface area contributed by atoms with E-state index in [-0.39, 0.29) is 29.1 Å². The lowest BCUT2D eigenvalue weighted by Crippen LogP contribution is -2.44. The first-order valence-corrected chi connectivity index (χ1v) is 9.08. The van der Waals surface area contributed by atoms with Crippen molar-refractivity contribution >= 4 is 5.91 Å². The molecule has 1 amide bonds. The SMILES string of the molecule is CC(C)c1ccc(C(=O)N2CCC[C@H](OCc3ccccn3)C2)c(=O)[nH]1. The van der Waals surface area contributed by atoms with Gasteiger partial charge in [-0.2, -0.15) is 0 Å². The number of piperidine rings is 1. The van der Waals surface area contributed by atoms with Crippen LogP contribution in [-0.4, -0.2) is 40.0 Å². The van der Waals surface area contributed by atoms with E-state index in [4.69, 9.17) is 4.74 Å². The minimum Gasteiger partial charge on any atom is -0.370 e. The number of amides is 1. The topological polar surface area (TPSA) is 75.3 Å². The smallest absolute Gasteiger partial charge is 0.261 e. The van der Waals surface area contributed by atoms with Crippen LogP contribution in [0.25, 0.3) is 0 Å². The second kappa shape index (κ2) is 8.27. The van der Waals surface area contributed by atoms with E-state index in [0.717, 1.165) is 24.2 Å². The Morgan fingerprint density at radius 3 is 2.88 bits per heavy atom. The number of aromatic nitrogens is 2. The molecule has 0 bridgehead atoms. The Kier molecular flexibility index (Phi) is 5.83. The van der Waals surface area contributed by atoms with Crippen molar-refractivity contribution in [2.24, 2.45) is 0 Å². The average molecular weight is 355 g/mol. The largest absolute Gasteiger partial charge is 0.370 e. The number of pyridine rings is 2. The molecule has 0 aromatic carbocycles. The van der Waals surface area contributed by atoms with Gasteiger partial charge >= 0.3 is 0 Å². The van der Waals surface area contributed by atoms with Crippen LogP contribution >= 0.6 is 0 Å². The van der Waals surface area contributed by atoms with Crippen LogP contribution < -0.4 is 5.56 Å². The van der Waals surface area contributed by atoms with Gasteiger partial charge < -0.3 is 14.6 Å². The third-order valence-corrected chi connectivity index (χ3v) is 4.64. The zero-order valence-electron chi connectivity index (χ0n) is 15.3. The van der Waals surface area contributed by atoms with Crippen LogP contribution in [0.1, 0.15) is 54.4 Å². The summed E-state index contributed by atoms with van der Waals surface area (Å²) in [5.41, 5.74) is 1.58. The van der Waals surface area contributed by atoms with Crippen LogP contribution in [0.5, 0.6) is 0 Å². The van der Waals surface area contributed by atoms with Crippen molar-refractivity contribution in [1.82, 2.24) is 14.9 Å². The number of likely N-dealkylation sites (tertiary alicyclic amines) is 1. The molecule has 2 aromatic rings. The molecule has 0 aliphatic carbocycles. The number of ether oxygens (including phenoxy) is 1. The summed E-state index contributed by atoms with van der Waals surface area (Å²) < 4.78 is 5.92. The summed E-state index contributed by atoms with van der Waals surface area (Å²) >= 11 is 0. The summed E-state index contributed by atoms with van der Waals surface area (Å²) in [7, 11) is 0. The predicted octanol–water partition coefficient (Wildman–Crippen LogP) is 2.71. The van der Waals surface area contributed by atoms with Crippen molar-refractivity contribution in [2.75, 3.05) is 13.1 Å². The van der Waals surface area contributed by atoms with E-state index < -0.39 is 0 Å². The molecule has 3 rings (SSSR count). The van der Waals surface area contributed by atoms with Gasteiger partial charge in [0.15, 0.2) is 0 Å². The van der Waals surface area contributed by atoms with Gasteiger partial charge in [-0.25, -0.2) is 0 Å². The van der Waals surface area contributed by atoms with E-state index in [1.54, 1.807) is 17.2 Å². The Morgan fingerprint density at radius 2 is 2.19 bits per heavy atom. The van der Waals surface area contributed by atoms with Gasteiger partial charge in [-0.05, 0) is 43.0 Å². The van der Waals surface area contributed by atoms with Gasteiger partial charge in [-0.3, -0.25) is 14.6 Å². The summed E-state index contributed by atoms with van der Waals surface area (Å²) in [4.78, 5) is 33.8. The third-order valence-electron chi connectivity index (χ3n) is 4.64. The molecule has 1 N–H and O–H groups in total. The maximum atomic E-state index is 12.8. The fraction of sp³-hybridized carbons (Fsp3) is 0.450. The van der Waals surface area contributed by atoms with E-state index in [1.165, 1.54) is 0 Å². The van der Waals surface area contributed by atoms with Crippen molar-refractivity contribution in [3.63, 3.8) is 0 Å². The second-order valence-electron chi connectivity index (χ2n) is 6.96. The van der Waals surface area contributed by atoms with Crippen molar-refractivity contribution in [1.29, 1.82) is 0 Å². The molecule has 26 heavy (non-hydrogen) atoms. The summed E-state index contributed by atoms with van der Waals surface area (Å²) in [6.45, 7) is 5.57. The average Bonchev–Trinajstić information content (AvgIpc) is 2.67. The van der Waals surface area contributed by atoms with Gasteiger partial charge in [-0.1, -0.05) is 19.9 Å². The van der Waals surface area contributed by atoms with Gasteiger partial charge in [0, 0.05) is 25.0 Å². The van der Waals surface area contributed by atoms with Crippen LogP contribution in [0, 0.1) is 0 Å². The molecule has 0 unspecified atom stereocenters. The number of carbonyl (C=O) groups is 1. The Labute approximate surface area is 153 Å². The number of nitrogens with zero attached hydrogens (tertiary/aromatic N) is 2. The molecule has 0 radical (unpaired) electrons. The quantitative estimate of drug-likeness (QED) is 0.895. The number of nitrogens with one attached hydrogen (secondary N) is 1. The summed E-state index contributed by atoms with van der Waals surface area (Å²) in [5.74, 6) is -0.0149. The highest BCUT2D eigenvalue weighted by Gasteiger charge is 2.26. The van der Waals surface area contributed by atoms with E-state index in [0.29, 0.717) is 19.7 Å². The van der Waals surface area contributed by atoms with Crippen LogP contribution in [-0.2, 0) is 11.3 Å². The highest BCUT2D eigenvalue weighted by Crippen LogP contribution is 2.17. The van der Waals surface area contributed by atoms with Gasteiger partial charge in [0.25, 0.3) is 11.5 Å². The highest BCUT2D eigenvalue weighted by atomic mass is 16.5. The molecule has 6 heteroatoms. The van der Waals surface area contributed by atoms with Gasteiger partial charge in [-0.15, -0.1) is 0 Å². The summed E-state index contributed by atoms with van der Waals surface area (Å²) in [6.07, 6.45) is 3.46. The highest BCUT2D eigenvalue weighted by molar-refractivity contribution is 5.93. The standard InChI is InChI=1S/C20H25N3O3/c1-14(2)18-9-8-17(19(24)22-18)20(25)23-11-5-7-16(12-23)26-13-15-6-3-4-10-21-15/h3-4,6,8-10,14,16H,5,7,11-13H2,1-2H3,(H,22,24)/t16-/m0/s1. The van der Waals surface area contributed by atoms with Crippen LogP contribution in [0.2, 0.25) is 0 Å². The molecular weight excluding hydrogens is 330 g/mol. The molecule has 3 heterocycles. The molecule has 1 aliphatic rings. The molecule has 1 atom stereocenters. The second-order valence-corrected chi connectivity index (χ2v) is 6.96. The number of H-pyrrole nitrogens is 1. The fourth-order valence-corrected chi connectivity index (χ4v) is 3.11. The lowest BCUT2D eigenvalue weighted by molar-refractivity contribution is -0.00790. The van der Waals surface area contributed by atoms with E-state index >= 15 is 0 Å². The molecule has 1 aliphatic heterocycles. The van der Waals surface area contributed by atoms with Crippen LogP contribution in [0.15, 0.2) is 41.3 Å². The van der Waals surface area contributed by atoms with Crippen molar-refractivity contribution in [2.45, 2.75) is 45.3 Å². The minimum atomic E-state index is -0.322. The number of hydrogen-bond donors (Lipinski definition) is 1. The molecule has 1 fully saturated rings. The Hall–Kier alpha value is -2.47. The van der Waals surface area contributed by atoms with E-state index in [9.17, 15) is 9.59 Å². The summed E-state index contributed by atoms with van der Waals surface area (Å²) in [5, 5.41) is 0. The number of rotatable bonds is 5. The molecule has 0 saturated carbocycles. The van der Waals surface area contributed by atoms with E-state index in [2.05, 4.69) is 9.97 Å². The number of aromatic amines is 1. The molecule has 2 aromatic heterocycles. The lowest BCUT2D eigenvalue weighted by Gasteiger charge is -2.32. The molecule has 138 valence electrons. The summed E-state index contributed by atoms with van der Waals surface area (Å²) in [6, 6.07) is 9.16. The third kappa shape index (κ3) is 4.38. The van der Waals surface area contributed by atoms with Crippen molar-refractivity contribution in [3.8, 4) is 0 Å². The van der Waals surface area contributed by atoms with Crippen molar-refractivity contribution < 1.29 is 9.53 Å².